The Kier molecular flexibility index (Phi) is 6.84. The van der Waals surface area contributed by atoms with Gasteiger partial charge in [-0.15, -0.1) is 0 Å². The van der Waals surface area contributed by atoms with Crippen LogP contribution >= 0.6 is 0 Å². The van der Waals surface area contributed by atoms with Gasteiger partial charge in [-0.3, -0.25) is 5.43 Å². The average molecular weight is 428 g/mol. The summed E-state index contributed by atoms with van der Waals surface area (Å²) in [5.41, 5.74) is 6.23. The first-order valence-corrected chi connectivity index (χ1v) is 9.59. The Hall–Kier alpha value is -3.48. The van der Waals surface area contributed by atoms with Crippen LogP contribution in [-0.4, -0.2) is 13.3 Å². The molecule has 0 amide bonds. The number of nitrogens with one attached hydrogen (secondary N) is 1. The molecule has 0 aromatic heterocycles. The molecule has 3 aromatic rings. The second-order valence-corrected chi connectivity index (χ2v) is 7.08. The van der Waals surface area contributed by atoms with Crippen molar-refractivity contribution in [3.8, 4) is 11.5 Å². The van der Waals surface area contributed by atoms with E-state index in [4.69, 9.17) is 9.47 Å². The molecule has 162 valence electrons. The maximum Gasteiger partial charge on any atom is 0.416 e. The Bertz CT molecular complexity index is 1080. The third-order valence-electron chi connectivity index (χ3n) is 4.67. The summed E-state index contributed by atoms with van der Waals surface area (Å²) >= 11 is 0. The van der Waals surface area contributed by atoms with Crippen molar-refractivity contribution in [1.82, 2.24) is 0 Å². The maximum absolute atomic E-state index is 12.8. The van der Waals surface area contributed by atoms with E-state index in [0.29, 0.717) is 23.7 Å². The van der Waals surface area contributed by atoms with Crippen LogP contribution in [0.15, 0.2) is 65.8 Å². The first-order valence-electron chi connectivity index (χ1n) is 9.59. The Morgan fingerprint density at radius 3 is 2.52 bits per heavy atom. The topological polar surface area (TPSA) is 42.8 Å². The molecule has 3 rings (SSSR count). The van der Waals surface area contributed by atoms with E-state index in [-0.39, 0.29) is 5.69 Å². The molecule has 0 spiro atoms. The van der Waals surface area contributed by atoms with Gasteiger partial charge in [0.15, 0.2) is 11.5 Å². The van der Waals surface area contributed by atoms with Crippen LogP contribution in [0.5, 0.6) is 11.5 Å². The lowest BCUT2D eigenvalue weighted by atomic mass is 10.1. The minimum absolute atomic E-state index is 0.242. The summed E-state index contributed by atoms with van der Waals surface area (Å²) in [5.74, 6) is 1.12. The number of nitrogens with zero attached hydrogens (tertiary/aromatic N) is 1. The molecule has 0 bridgehead atoms. The minimum Gasteiger partial charge on any atom is -0.493 e. The fourth-order valence-electron chi connectivity index (χ4n) is 2.94. The van der Waals surface area contributed by atoms with E-state index in [2.05, 4.69) is 28.7 Å². The largest absolute Gasteiger partial charge is 0.493 e. The lowest BCUT2D eigenvalue weighted by molar-refractivity contribution is -0.137. The average Bonchev–Trinajstić information content (AvgIpc) is 2.74. The van der Waals surface area contributed by atoms with Crippen molar-refractivity contribution in [1.29, 1.82) is 0 Å². The molecule has 1 N–H and O–H groups in total. The highest BCUT2D eigenvalue weighted by atomic mass is 19.4. The molecule has 0 aliphatic rings. The zero-order valence-corrected chi connectivity index (χ0v) is 17.5. The van der Waals surface area contributed by atoms with Crippen LogP contribution in [0.2, 0.25) is 0 Å². The molecule has 4 nitrogen and oxygen atoms in total. The zero-order valence-electron chi connectivity index (χ0n) is 17.5. The van der Waals surface area contributed by atoms with Gasteiger partial charge in [-0.1, -0.05) is 29.8 Å². The zero-order chi connectivity index (χ0) is 22.4. The van der Waals surface area contributed by atoms with Gasteiger partial charge in [0.1, 0.15) is 6.61 Å². The fourth-order valence-corrected chi connectivity index (χ4v) is 2.94. The highest BCUT2D eigenvalue weighted by Gasteiger charge is 2.30. The van der Waals surface area contributed by atoms with Gasteiger partial charge in [0.05, 0.1) is 24.6 Å². The summed E-state index contributed by atoms with van der Waals surface area (Å²) in [6, 6.07) is 16.4. The number of ether oxygens (including phenoxy) is 2. The molecule has 0 heterocycles. The third-order valence-corrected chi connectivity index (χ3v) is 4.67. The lowest BCUT2D eigenvalue weighted by Gasteiger charge is -2.13. The Balaban J connectivity index is 1.67. The summed E-state index contributed by atoms with van der Waals surface area (Å²) in [4.78, 5) is 0. The number of hydrogen-bond acceptors (Lipinski definition) is 4. The van der Waals surface area contributed by atoms with Crippen LogP contribution in [0.3, 0.4) is 0 Å². The lowest BCUT2D eigenvalue weighted by Crippen LogP contribution is -2.05. The monoisotopic (exact) mass is 428 g/mol. The van der Waals surface area contributed by atoms with Gasteiger partial charge in [-0.25, -0.2) is 0 Å². The van der Waals surface area contributed by atoms with E-state index in [0.717, 1.165) is 28.8 Å². The van der Waals surface area contributed by atoms with Crippen LogP contribution in [0, 0.1) is 13.8 Å². The van der Waals surface area contributed by atoms with E-state index in [1.165, 1.54) is 18.3 Å². The number of rotatable bonds is 7. The van der Waals surface area contributed by atoms with Crippen molar-refractivity contribution < 1.29 is 22.6 Å². The number of hydrazone groups is 1. The number of benzene rings is 3. The first kappa shape index (κ1) is 22.2. The summed E-state index contributed by atoms with van der Waals surface area (Å²) in [5, 5.41) is 4.02. The van der Waals surface area contributed by atoms with Crippen molar-refractivity contribution >= 4 is 11.9 Å². The molecule has 0 fully saturated rings. The van der Waals surface area contributed by atoms with Crippen molar-refractivity contribution in [3.63, 3.8) is 0 Å². The summed E-state index contributed by atoms with van der Waals surface area (Å²) < 4.78 is 49.7. The maximum atomic E-state index is 12.8. The summed E-state index contributed by atoms with van der Waals surface area (Å²) in [6.45, 7) is 4.48. The molecule has 0 saturated heterocycles. The highest BCUT2D eigenvalue weighted by molar-refractivity contribution is 5.81. The quantitative estimate of drug-likeness (QED) is 0.352. The van der Waals surface area contributed by atoms with Crippen LogP contribution in [0.4, 0.5) is 18.9 Å². The van der Waals surface area contributed by atoms with Crippen molar-refractivity contribution in [2.75, 3.05) is 12.5 Å². The molecule has 0 aliphatic heterocycles. The van der Waals surface area contributed by atoms with Gasteiger partial charge in [-0.2, -0.15) is 18.3 Å². The van der Waals surface area contributed by atoms with E-state index >= 15 is 0 Å². The van der Waals surface area contributed by atoms with Crippen LogP contribution < -0.4 is 14.9 Å². The number of alkyl halides is 3. The van der Waals surface area contributed by atoms with Crippen molar-refractivity contribution in [2.45, 2.75) is 26.6 Å². The van der Waals surface area contributed by atoms with Gasteiger partial charge >= 0.3 is 6.18 Å². The van der Waals surface area contributed by atoms with Gasteiger partial charge in [-0.05, 0) is 66.9 Å². The Morgan fingerprint density at radius 2 is 1.77 bits per heavy atom. The third kappa shape index (κ3) is 6.01. The van der Waals surface area contributed by atoms with E-state index in [1.54, 1.807) is 25.3 Å². The van der Waals surface area contributed by atoms with E-state index in [9.17, 15) is 13.2 Å². The summed E-state index contributed by atoms with van der Waals surface area (Å²) in [7, 11) is 1.54. The van der Waals surface area contributed by atoms with Crippen molar-refractivity contribution in [2.24, 2.45) is 5.10 Å². The predicted octanol–water partition coefficient (Wildman–Crippen LogP) is 6.36. The fraction of sp³-hybridized carbons (Fsp3) is 0.208. The van der Waals surface area contributed by atoms with Crippen LogP contribution in [0.25, 0.3) is 0 Å². The SMILES string of the molecule is COc1cc(C=NNc2cccc(C(F)(F)F)c2)ccc1OCc1cc(C)ccc1C. The molecule has 7 heteroatoms. The summed E-state index contributed by atoms with van der Waals surface area (Å²) in [6.07, 6.45) is -2.90. The minimum atomic E-state index is -4.40. The molecule has 3 aromatic carbocycles. The van der Waals surface area contributed by atoms with E-state index < -0.39 is 11.7 Å². The second kappa shape index (κ2) is 9.55. The molecule has 0 unspecified atom stereocenters. The number of methoxy groups -OCH3 is 1. The Morgan fingerprint density at radius 1 is 0.968 bits per heavy atom. The molecule has 0 atom stereocenters. The van der Waals surface area contributed by atoms with Gasteiger partial charge < -0.3 is 9.47 Å². The molecule has 0 saturated carbocycles. The smallest absolute Gasteiger partial charge is 0.416 e. The van der Waals surface area contributed by atoms with Gasteiger partial charge in [0.2, 0.25) is 0 Å². The van der Waals surface area contributed by atoms with Gasteiger partial charge in [0.25, 0.3) is 0 Å². The normalized spacial score (nSPS) is 11.5. The highest BCUT2D eigenvalue weighted by Crippen LogP contribution is 2.31. The molecule has 31 heavy (non-hydrogen) atoms. The standard InChI is InChI=1S/C24H23F3N2O2/c1-16-7-8-17(2)19(11-16)15-31-22-10-9-18(12-23(22)30-3)14-28-29-21-6-4-5-20(13-21)24(25,26)27/h4-14,29H,15H2,1-3H3. The van der Waals surface area contributed by atoms with Crippen molar-refractivity contribution in [3.05, 3.63) is 88.5 Å². The molecule has 0 aliphatic carbocycles. The number of halogens is 3. The molecule has 0 radical (unpaired) electrons. The first-order chi connectivity index (χ1) is 14.8. The van der Waals surface area contributed by atoms with Gasteiger partial charge in [0, 0.05) is 0 Å². The number of aryl methyl sites for hydroxylation is 2. The van der Waals surface area contributed by atoms with Crippen LogP contribution in [0.1, 0.15) is 27.8 Å². The van der Waals surface area contributed by atoms with Crippen LogP contribution in [-0.2, 0) is 12.8 Å². The van der Waals surface area contributed by atoms with E-state index in [1.807, 2.05) is 13.8 Å². The molecular weight excluding hydrogens is 405 g/mol. The molecular formula is C24H23F3N2O2. The second-order valence-electron chi connectivity index (χ2n) is 7.08. The number of hydrogen-bond donors (Lipinski definition) is 1. The number of anilines is 1. The Labute approximate surface area is 179 Å². The predicted molar refractivity (Wildman–Crippen MR) is 116 cm³/mol.